The van der Waals surface area contributed by atoms with E-state index in [4.69, 9.17) is 35.2 Å². The summed E-state index contributed by atoms with van der Waals surface area (Å²) < 4.78 is 27.2. The van der Waals surface area contributed by atoms with Crippen LogP contribution in [0.3, 0.4) is 0 Å². The standard InChI is InChI=1S/C17H32N2O13/c18-4-3-28-15(32-17-13(27)11(25)9(23)6(2-21)30-17)7(19)14(4)31-16-12(26)10(24)8(22)5(1-20)29-16/h4-17,20-27H,1-3,18-19H2/t4-,5-,6-,7-,8+,9-,10+,11+,12-,13+,14+,15+,16+,17+/m1/s1. The number of ether oxygens (including phenoxy) is 5. The molecule has 0 aromatic rings. The Morgan fingerprint density at radius 3 is 1.59 bits per heavy atom. The summed E-state index contributed by atoms with van der Waals surface area (Å²) in [6.45, 7) is -1.46. The minimum atomic E-state index is -1.69. The van der Waals surface area contributed by atoms with Crippen LogP contribution in [-0.4, -0.2) is 147 Å². The van der Waals surface area contributed by atoms with Crippen molar-refractivity contribution in [2.24, 2.45) is 11.5 Å². The molecule has 15 heteroatoms. The van der Waals surface area contributed by atoms with E-state index in [1.165, 1.54) is 0 Å². The third-order valence-electron chi connectivity index (χ3n) is 5.82. The van der Waals surface area contributed by atoms with E-state index in [2.05, 4.69) is 0 Å². The summed E-state index contributed by atoms with van der Waals surface area (Å²) in [5, 5.41) is 78.5. The molecule has 3 heterocycles. The monoisotopic (exact) mass is 472 g/mol. The molecule has 3 fully saturated rings. The largest absolute Gasteiger partial charge is 0.394 e. The van der Waals surface area contributed by atoms with E-state index in [1.807, 2.05) is 0 Å². The molecule has 32 heavy (non-hydrogen) atoms. The van der Waals surface area contributed by atoms with Gasteiger partial charge in [0, 0.05) is 0 Å². The molecule has 0 aliphatic carbocycles. The summed E-state index contributed by atoms with van der Waals surface area (Å²) in [5.41, 5.74) is 12.1. The second-order valence-electron chi connectivity index (χ2n) is 8.07. The van der Waals surface area contributed by atoms with Gasteiger partial charge in [0.05, 0.1) is 38.0 Å². The highest BCUT2D eigenvalue weighted by Crippen LogP contribution is 2.28. The predicted octanol–water partition coefficient (Wildman–Crippen LogP) is -7.00. The first-order valence-corrected chi connectivity index (χ1v) is 10.1. The molecule has 3 rings (SSSR count). The molecule has 0 aromatic carbocycles. The molecule has 0 aromatic heterocycles. The molecule has 0 bridgehead atoms. The van der Waals surface area contributed by atoms with Gasteiger partial charge in [-0.25, -0.2) is 0 Å². The number of nitrogens with two attached hydrogens (primary N) is 2. The second kappa shape index (κ2) is 10.8. The lowest BCUT2D eigenvalue weighted by atomic mass is 9.97. The van der Waals surface area contributed by atoms with E-state index >= 15 is 0 Å². The zero-order valence-corrected chi connectivity index (χ0v) is 17.0. The van der Waals surface area contributed by atoms with Crippen molar-refractivity contribution in [1.82, 2.24) is 0 Å². The molecule has 0 amide bonds. The Balaban J connectivity index is 1.67. The van der Waals surface area contributed by atoms with Gasteiger partial charge in [-0.15, -0.1) is 0 Å². The first-order valence-electron chi connectivity index (χ1n) is 10.1. The Bertz CT molecular complexity index is 601. The Labute approximate surface area is 182 Å². The summed E-state index contributed by atoms with van der Waals surface area (Å²) in [7, 11) is 0. The van der Waals surface area contributed by atoms with Crippen LogP contribution < -0.4 is 11.5 Å². The van der Waals surface area contributed by atoms with Crippen LogP contribution >= 0.6 is 0 Å². The van der Waals surface area contributed by atoms with E-state index < -0.39 is 99.1 Å². The van der Waals surface area contributed by atoms with E-state index in [0.717, 1.165) is 0 Å². The van der Waals surface area contributed by atoms with Crippen LogP contribution in [0.15, 0.2) is 0 Å². The van der Waals surface area contributed by atoms with Gasteiger partial charge in [0.15, 0.2) is 18.9 Å². The number of aliphatic hydroxyl groups excluding tert-OH is 8. The van der Waals surface area contributed by atoms with Gasteiger partial charge in [-0.05, 0) is 0 Å². The highest BCUT2D eigenvalue weighted by Gasteiger charge is 2.50. The molecule has 0 radical (unpaired) electrons. The second-order valence-corrected chi connectivity index (χ2v) is 8.07. The van der Waals surface area contributed by atoms with Gasteiger partial charge in [-0.1, -0.05) is 0 Å². The third-order valence-corrected chi connectivity index (χ3v) is 5.82. The van der Waals surface area contributed by atoms with E-state index in [0.29, 0.717) is 0 Å². The minimum Gasteiger partial charge on any atom is -0.394 e. The van der Waals surface area contributed by atoms with Crippen molar-refractivity contribution >= 4 is 0 Å². The molecule has 12 N–H and O–H groups in total. The summed E-state index contributed by atoms with van der Waals surface area (Å²) in [5.74, 6) is 0. The fourth-order valence-electron chi connectivity index (χ4n) is 3.82. The van der Waals surface area contributed by atoms with Gasteiger partial charge in [0.25, 0.3) is 0 Å². The van der Waals surface area contributed by atoms with Crippen molar-refractivity contribution in [3.8, 4) is 0 Å². The van der Waals surface area contributed by atoms with Gasteiger partial charge in [0.1, 0.15) is 48.8 Å². The molecule has 14 atom stereocenters. The Morgan fingerprint density at radius 1 is 0.656 bits per heavy atom. The van der Waals surface area contributed by atoms with Crippen molar-refractivity contribution in [3.05, 3.63) is 0 Å². The maximum atomic E-state index is 10.2. The van der Waals surface area contributed by atoms with Crippen molar-refractivity contribution in [1.29, 1.82) is 0 Å². The minimum absolute atomic E-state index is 0.155. The summed E-state index contributed by atoms with van der Waals surface area (Å²) >= 11 is 0. The zero-order chi connectivity index (χ0) is 23.7. The maximum Gasteiger partial charge on any atom is 0.189 e. The molecule has 0 unspecified atom stereocenters. The van der Waals surface area contributed by atoms with Crippen molar-refractivity contribution in [2.75, 3.05) is 19.8 Å². The molecule has 188 valence electrons. The van der Waals surface area contributed by atoms with Crippen LogP contribution in [0, 0.1) is 0 Å². The molecule has 3 aliphatic heterocycles. The molecule has 15 nitrogen and oxygen atoms in total. The number of hydrogen-bond donors (Lipinski definition) is 10. The number of rotatable bonds is 6. The van der Waals surface area contributed by atoms with Gasteiger partial charge in [-0.3, -0.25) is 0 Å². The predicted molar refractivity (Wildman–Crippen MR) is 99.2 cm³/mol. The molecule has 3 aliphatic rings. The zero-order valence-electron chi connectivity index (χ0n) is 17.0. The first kappa shape index (κ1) is 26.0. The van der Waals surface area contributed by atoms with E-state index in [-0.39, 0.29) is 6.61 Å². The smallest absolute Gasteiger partial charge is 0.189 e. The highest BCUT2D eigenvalue weighted by atomic mass is 16.8. The van der Waals surface area contributed by atoms with Gasteiger partial charge in [0.2, 0.25) is 0 Å². The van der Waals surface area contributed by atoms with E-state index in [9.17, 15) is 40.9 Å². The lowest BCUT2D eigenvalue weighted by Gasteiger charge is -2.46. The average molecular weight is 472 g/mol. The van der Waals surface area contributed by atoms with Crippen molar-refractivity contribution in [3.63, 3.8) is 0 Å². The molecular weight excluding hydrogens is 440 g/mol. The quantitative estimate of drug-likeness (QED) is 0.172. The summed E-state index contributed by atoms with van der Waals surface area (Å²) in [6.07, 6.45) is -17.7. The highest BCUT2D eigenvalue weighted by molar-refractivity contribution is 4.95. The van der Waals surface area contributed by atoms with Crippen LogP contribution in [0.25, 0.3) is 0 Å². The fraction of sp³-hybridized carbons (Fsp3) is 1.00. The van der Waals surface area contributed by atoms with Crippen LogP contribution in [0.4, 0.5) is 0 Å². The number of aliphatic hydroxyl groups is 8. The normalized spacial score (nSPS) is 52.7. The molecule has 0 spiro atoms. The van der Waals surface area contributed by atoms with Crippen LogP contribution in [0.2, 0.25) is 0 Å². The Hall–Kier alpha value is -0.600. The third kappa shape index (κ3) is 5.07. The Kier molecular flexibility index (Phi) is 8.75. The first-order chi connectivity index (χ1) is 15.1. The molecule has 3 saturated heterocycles. The maximum absolute atomic E-state index is 10.2. The molecule has 0 saturated carbocycles. The van der Waals surface area contributed by atoms with Crippen LogP contribution in [0.1, 0.15) is 0 Å². The van der Waals surface area contributed by atoms with E-state index in [1.54, 1.807) is 0 Å². The van der Waals surface area contributed by atoms with Crippen molar-refractivity contribution < 1.29 is 64.5 Å². The van der Waals surface area contributed by atoms with Crippen LogP contribution in [-0.2, 0) is 23.7 Å². The Morgan fingerprint density at radius 2 is 1.12 bits per heavy atom. The molecular formula is C17H32N2O13. The summed E-state index contributed by atoms with van der Waals surface area (Å²) in [4.78, 5) is 0. The summed E-state index contributed by atoms with van der Waals surface area (Å²) in [6, 6.07) is -1.99. The van der Waals surface area contributed by atoms with Gasteiger partial charge >= 0.3 is 0 Å². The van der Waals surface area contributed by atoms with Gasteiger partial charge in [-0.2, -0.15) is 0 Å². The van der Waals surface area contributed by atoms with Crippen LogP contribution in [0.5, 0.6) is 0 Å². The SMILES string of the molecule is N[C@H]1[C@H](O[C@@H]2O[C@H](CO)[C@@H](O)[C@H](O)[C@@H]2O)OC[C@@H](N)[C@@H]1O[C@@H]1O[C@H](CO)[C@H](O)[C@H](O)[C@H]1O. The van der Waals surface area contributed by atoms with Crippen molar-refractivity contribution in [2.45, 2.75) is 85.9 Å². The van der Waals surface area contributed by atoms with Gasteiger partial charge < -0.3 is 76.0 Å². The topological polar surface area (TPSA) is 260 Å². The lowest BCUT2D eigenvalue weighted by Crippen LogP contribution is -2.67. The number of hydrogen-bond acceptors (Lipinski definition) is 15. The average Bonchev–Trinajstić information content (AvgIpc) is 2.78. The lowest BCUT2D eigenvalue weighted by molar-refractivity contribution is -0.358. The fourth-order valence-corrected chi connectivity index (χ4v) is 3.82.